The molecule has 2 aromatic rings. The highest BCUT2D eigenvalue weighted by Gasteiger charge is 2.22. The van der Waals surface area contributed by atoms with Crippen LogP contribution in [0.25, 0.3) is 0 Å². The Bertz CT molecular complexity index is 733. The van der Waals surface area contributed by atoms with Gasteiger partial charge in [-0.3, -0.25) is 4.79 Å². The lowest BCUT2D eigenvalue weighted by atomic mass is 9.84. The van der Waals surface area contributed by atoms with Crippen molar-refractivity contribution in [2.24, 2.45) is 11.8 Å². The molecule has 1 fully saturated rings. The van der Waals surface area contributed by atoms with Gasteiger partial charge in [0.25, 0.3) is 0 Å². The summed E-state index contributed by atoms with van der Waals surface area (Å²) in [5.74, 6) is 1.73. The van der Waals surface area contributed by atoms with Crippen LogP contribution in [0.1, 0.15) is 31.9 Å². The van der Waals surface area contributed by atoms with Gasteiger partial charge in [0.05, 0.1) is 0 Å². The Hall–Kier alpha value is -2.18. The Balaban J connectivity index is 0.00000261. The number of halogens is 1. The van der Waals surface area contributed by atoms with Crippen LogP contribution in [0.5, 0.6) is 11.8 Å². The van der Waals surface area contributed by atoms with Crippen LogP contribution in [0.4, 0.5) is 5.69 Å². The summed E-state index contributed by atoms with van der Waals surface area (Å²) in [6.07, 6.45) is 4.53. The fourth-order valence-electron chi connectivity index (χ4n) is 3.27. The minimum Gasteiger partial charge on any atom is -0.424 e. The monoisotopic (exact) mass is 390 g/mol. The first kappa shape index (κ1) is 21.1. The lowest BCUT2D eigenvalue weighted by molar-refractivity contribution is -0.117. The molecule has 1 aromatic carbocycles. The predicted octanol–water partition coefficient (Wildman–Crippen LogP) is 3.96. The summed E-state index contributed by atoms with van der Waals surface area (Å²) < 4.78 is 5.62. The molecule has 1 aromatic heterocycles. The first-order valence-corrected chi connectivity index (χ1v) is 9.18. The van der Waals surface area contributed by atoms with Crippen molar-refractivity contribution in [1.82, 2.24) is 15.3 Å². The number of ether oxygens (including phenoxy) is 1. The molecule has 7 heteroatoms. The summed E-state index contributed by atoms with van der Waals surface area (Å²) >= 11 is 0. The van der Waals surface area contributed by atoms with Gasteiger partial charge >= 0.3 is 6.01 Å². The van der Waals surface area contributed by atoms with Gasteiger partial charge in [0.15, 0.2) is 0 Å². The number of hydrogen-bond acceptors (Lipinski definition) is 5. The van der Waals surface area contributed by atoms with E-state index in [1.165, 1.54) is 0 Å². The zero-order valence-corrected chi connectivity index (χ0v) is 16.6. The Morgan fingerprint density at radius 1 is 1.26 bits per heavy atom. The highest BCUT2D eigenvalue weighted by molar-refractivity contribution is 5.90. The smallest absolute Gasteiger partial charge is 0.322 e. The molecular weight excluding hydrogens is 364 g/mol. The van der Waals surface area contributed by atoms with Crippen LogP contribution < -0.4 is 15.4 Å². The van der Waals surface area contributed by atoms with Crippen LogP contribution in [0.15, 0.2) is 36.5 Å². The van der Waals surface area contributed by atoms with Crippen LogP contribution in [-0.2, 0) is 4.79 Å². The molecule has 0 radical (unpaired) electrons. The average Bonchev–Trinajstić information content (AvgIpc) is 2.64. The highest BCUT2D eigenvalue weighted by Crippen LogP contribution is 2.25. The summed E-state index contributed by atoms with van der Waals surface area (Å²) in [6.45, 7) is 6.18. The third-order valence-electron chi connectivity index (χ3n) is 4.82. The molecule has 1 saturated heterocycles. The largest absolute Gasteiger partial charge is 0.424 e. The van der Waals surface area contributed by atoms with Gasteiger partial charge in [-0.25, -0.2) is 9.97 Å². The third kappa shape index (κ3) is 6.48. The van der Waals surface area contributed by atoms with E-state index < -0.39 is 0 Å². The van der Waals surface area contributed by atoms with Crippen LogP contribution >= 0.6 is 12.4 Å². The van der Waals surface area contributed by atoms with Crippen molar-refractivity contribution < 1.29 is 9.53 Å². The summed E-state index contributed by atoms with van der Waals surface area (Å²) in [5, 5.41) is 6.34. The van der Waals surface area contributed by atoms with Crippen molar-refractivity contribution >= 4 is 24.0 Å². The van der Waals surface area contributed by atoms with Gasteiger partial charge < -0.3 is 15.4 Å². The van der Waals surface area contributed by atoms with Gasteiger partial charge in [-0.15, -0.1) is 12.4 Å². The molecular formula is C20H27ClN4O2. The number of benzene rings is 1. The normalized spacial score (nSPS) is 15.5. The summed E-state index contributed by atoms with van der Waals surface area (Å²) in [5.41, 5.74) is 1.62. The fourth-order valence-corrected chi connectivity index (χ4v) is 3.27. The van der Waals surface area contributed by atoms with Gasteiger partial charge in [0.1, 0.15) is 5.75 Å². The molecule has 1 atom stereocenters. The topological polar surface area (TPSA) is 76.1 Å². The Morgan fingerprint density at radius 2 is 1.96 bits per heavy atom. The second-order valence-electron chi connectivity index (χ2n) is 6.92. The first-order valence-electron chi connectivity index (χ1n) is 9.18. The lowest BCUT2D eigenvalue weighted by Gasteiger charge is -2.27. The molecule has 27 heavy (non-hydrogen) atoms. The molecule has 3 rings (SSSR count). The number of rotatable bonds is 6. The van der Waals surface area contributed by atoms with Crippen molar-refractivity contribution in [2.75, 3.05) is 18.4 Å². The van der Waals surface area contributed by atoms with Gasteiger partial charge in [0.2, 0.25) is 5.91 Å². The van der Waals surface area contributed by atoms with E-state index in [-0.39, 0.29) is 18.3 Å². The number of nitrogens with zero attached hydrogens (tertiary/aromatic N) is 2. The molecule has 0 saturated carbocycles. The molecule has 2 N–H and O–H groups in total. The number of anilines is 1. The van der Waals surface area contributed by atoms with Crippen molar-refractivity contribution in [3.05, 3.63) is 42.2 Å². The molecule has 1 aliphatic heterocycles. The Kier molecular flexibility index (Phi) is 8.00. The summed E-state index contributed by atoms with van der Waals surface area (Å²) in [4.78, 5) is 20.6. The zero-order chi connectivity index (χ0) is 18.4. The standard InChI is InChI=1S/C20H26N4O2.ClH/c1-14(16-8-10-21-11-9-16)13-19(25)24-17-3-5-18(6-4-17)26-20-22-12-7-15(2)23-20;/h3-7,12,14,16,21H,8-11,13H2,1-2H3,(H,24,25);1H. The molecule has 2 heterocycles. The minimum absolute atomic E-state index is 0. The molecule has 1 unspecified atom stereocenters. The molecule has 0 aliphatic carbocycles. The highest BCUT2D eigenvalue weighted by atomic mass is 35.5. The van der Waals surface area contributed by atoms with E-state index >= 15 is 0 Å². The molecule has 146 valence electrons. The van der Waals surface area contributed by atoms with Crippen molar-refractivity contribution in [1.29, 1.82) is 0 Å². The van der Waals surface area contributed by atoms with E-state index in [1.807, 2.05) is 25.1 Å². The van der Waals surface area contributed by atoms with Crippen molar-refractivity contribution in [3.8, 4) is 11.8 Å². The molecule has 1 aliphatic rings. The van der Waals surface area contributed by atoms with Crippen LogP contribution in [0.2, 0.25) is 0 Å². The van der Waals surface area contributed by atoms with E-state index in [2.05, 4.69) is 27.5 Å². The van der Waals surface area contributed by atoms with Gasteiger partial charge in [-0.2, -0.15) is 0 Å². The number of aryl methyl sites for hydroxylation is 1. The minimum atomic E-state index is 0. The van der Waals surface area contributed by atoms with Gasteiger partial charge in [0, 0.05) is 24.0 Å². The van der Waals surface area contributed by atoms with Crippen LogP contribution in [0.3, 0.4) is 0 Å². The molecule has 0 bridgehead atoms. The molecule has 0 spiro atoms. The average molecular weight is 391 g/mol. The van der Waals surface area contributed by atoms with E-state index in [1.54, 1.807) is 18.3 Å². The van der Waals surface area contributed by atoms with Gasteiger partial charge in [-0.05, 0) is 75.0 Å². The maximum Gasteiger partial charge on any atom is 0.322 e. The fraction of sp³-hybridized carbons (Fsp3) is 0.450. The first-order chi connectivity index (χ1) is 12.6. The van der Waals surface area contributed by atoms with Crippen molar-refractivity contribution in [3.63, 3.8) is 0 Å². The number of carbonyl (C=O) groups excluding carboxylic acids is 1. The zero-order valence-electron chi connectivity index (χ0n) is 15.8. The number of hydrogen-bond donors (Lipinski definition) is 2. The van der Waals surface area contributed by atoms with E-state index in [0.717, 1.165) is 37.3 Å². The number of aromatic nitrogens is 2. The molecule has 1 amide bonds. The van der Waals surface area contributed by atoms with E-state index in [9.17, 15) is 4.79 Å². The molecule has 6 nitrogen and oxygen atoms in total. The van der Waals surface area contributed by atoms with Crippen LogP contribution in [-0.4, -0.2) is 29.0 Å². The number of amides is 1. The second-order valence-corrected chi connectivity index (χ2v) is 6.92. The van der Waals surface area contributed by atoms with Gasteiger partial charge in [-0.1, -0.05) is 6.92 Å². The van der Waals surface area contributed by atoms with E-state index in [0.29, 0.717) is 30.0 Å². The lowest BCUT2D eigenvalue weighted by Crippen LogP contribution is -2.32. The van der Waals surface area contributed by atoms with Crippen molar-refractivity contribution in [2.45, 2.75) is 33.1 Å². The maximum absolute atomic E-state index is 12.3. The number of carbonyl (C=O) groups is 1. The number of piperidine rings is 1. The SMILES string of the molecule is Cc1ccnc(Oc2ccc(NC(=O)CC(C)C3CCNCC3)cc2)n1.Cl. The number of nitrogens with one attached hydrogen (secondary N) is 2. The summed E-state index contributed by atoms with van der Waals surface area (Å²) in [6, 6.07) is 9.40. The quantitative estimate of drug-likeness (QED) is 0.780. The second kappa shape index (κ2) is 10.2. The Labute approximate surface area is 166 Å². The van der Waals surface area contributed by atoms with Crippen LogP contribution in [0, 0.1) is 18.8 Å². The Morgan fingerprint density at radius 3 is 2.63 bits per heavy atom. The van der Waals surface area contributed by atoms with E-state index in [4.69, 9.17) is 4.74 Å². The predicted molar refractivity (Wildman–Crippen MR) is 109 cm³/mol. The summed E-state index contributed by atoms with van der Waals surface area (Å²) in [7, 11) is 0. The third-order valence-corrected chi connectivity index (χ3v) is 4.82. The maximum atomic E-state index is 12.3.